The van der Waals surface area contributed by atoms with E-state index in [-0.39, 0.29) is 11.9 Å². The number of rotatable bonds is 2. The molecule has 1 saturated carbocycles. The second kappa shape index (κ2) is 8.03. The van der Waals surface area contributed by atoms with Gasteiger partial charge in [0, 0.05) is 22.9 Å². The van der Waals surface area contributed by atoms with Crippen LogP contribution in [0.2, 0.25) is 0 Å². The van der Waals surface area contributed by atoms with Gasteiger partial charge >= 0.3 is 0 Å². The Kier molecular flexibility index (Phi) is 5.55. The zero-order chi connectivity index (χ0) is 18.5. The molecule has 5 nitrogen and oxygen atoms in total. The molecule has 0 aliphatic heterocycles. The van der Waals surface area contributed by atoms with Crippen LogP contribution in [0.1, 0.15) is 52.7 Å². The summed E-state index contributed by atoms with van der Waals surface area (Å²) in [6.07, 6.45) is 4.76. The third-order valence-corrected chi connectivity index (χ3v) is 4.67. The fraction of sp³-hybridized carbons (Fsp3) is 0.333. The van der Waals surface area contributed by atoms with Gasteiger partial charge in [-0.25, -0.2) is 4.98 Å². The SMILES string of the molecule is Cc1ccc(C(=O)N[C@H]2CCCC[C@@H]2O)cc1C#Cc1ccc(N)nc1. The number of anilines is 1. The molecule has 0 saturated heterocycles. The third-order valence-electron chi connectivity index (χ3n) is 4.67. The number of hydrogen-bond donors (Lipinski definition) is 3. The maximum atomic E-state index is 12.5. The summed E-state index contributed by atoms with van der Waals surface area (Å²) in [5, 5.41) is 13.0. The number of benzene rings is 1. The number of carbonyl (C=O) groups excluding carboxylic acids is 1. The van der Waals surface area contributed by atoms with Crippen LogP contribution in [-0.2, 0) is 0 Å². The molecule has 5 heteroatoms. The zero-order valence-electron chi connectivity index (χ0n) is 14.8. The topological polar surface area (TPSA) is 88.2 Å². The van der Waals surface area contributed by atoms with Crippen LogP contribution < -0.4 is 11.1 Å². The molecule has 0 bridgehead atoms. The standard InChI is InChI=1S/C21H23N3O2/c1-14-6-9-17(21(26)24-18-4-2-3-5-19(18)25)12-16(14)10-7-15-8-11-20(22)23-13-15/h6,8-9,11-13,18-19,25H,2-5H2,1H3,(H2,22,23)(H,24,26)/t18-,19-/m0/s1. The number of amides is 1. The van der Waals surface area contributed by atoms with Gasteiger partial charge in [0.15, 0.2) is 0 Å². The minimum Gasteiger partial charge on any atom is -0.391 e. The van der Waals surface area contributed by atoms with Crippen LogP contribution in [-0.4, -0.2) is 28.1 Å². The zero-order valence-corrected chi connectivity index (χ0v) is 14.8. The highest BCUT2D eigenvalue weighted by Crippen LogP contribution is 2.19. The fourth-order valence-electron chi connectivity index (χ4n) is 3.05. The lowest BCUT2D eigenvalue weighted by atomic mass is 9.92. The van der Waals surface area contributed by atoms with Crippen LogP contribution in [0.3, 0.4) is 0 Å². The average Bonchev–Trinajstić information content (AvgIpc) is 2.64. The Morgan fingerprint density at radius 1 is 1.23 bits per heavy atom. The van der Waals surface area contributed by atoms with Gasteiger partial charge in [-0.3, -0.25) is 4.79 Å². The van der Waals surface area contributed by atoms with Crippen molar-refractivity contribution < 1.29 is 9.90 Å². The van der Waals surface area contributed by atoms with Crippen molar-refractivity contribution in [3.05, 3.63) is 58.8 Å². The molecule has 2 atom stereocenters. The lowest BCUT2D eigenvalue weighted by Gasteiger charge is -2.28. The van der Waals surface area contributed by atoms with Gasteiger partial charge in [0.25, 0.3) is 5.91 Å². The van der Waals surface area contributed by atoms with Gasteiger partial charge in [0.2, 0.25) is 0 Å². The van der Waals surface area contributed by atoms with E-state index in [4.69, 9.17) is 5.73 Å². The van der Waals surface area contributed by atoms with Gasteiger partial charge in [-0.1, -0.05) is 30.7 Å². The Labute approximate surface area is 153 Å². The molecule has 1 aliphatic carbocycles. The van der Waals surface area contributed by atoms with E-state index in [9.17, 15) is 9.90 Å². The van der Waals surface area contributed by atoms with Crippen molar-refractivity contribution in [2.45, 2.75) is 44.8 Å². The molecule has 1 aromatic carbocycles. The van der Waals surface area contributed by atoms with E-state index in [1.165, 1.54) is 0 Å². The molecule has 1 amide bonds. The molecule has 1 fully saturated rings. The summed E-state index contributed by atoms with van der Waals surface area (Å²) in [5.74, 6) is 6.42. The second-order valence-electron chi connectivity index (χ2n) is 6.68. The van der Waals surface area contributed by atoms with E-state index in [0.717, 1.165) is 42.4 Å². The molecular weight excluding hydrogens is 326 g/mol. The smallest absolute Gasteiger partial charge is 0.251 e. The Morgan fingerprint density at radius 2 is 2.04 bits per heavy atom. The summed E-state index contributed by atoms with van der Waals surface area (Å²) < 4.78 is 0. The van der Waals surface area contributed by atoms with E-state index in [1.807, 2.05) is 19.1 Å². The maximum absolute atomic E-state index is 12.5. The third kappa shape index (κ3) is 4.41. The lowest BCUT2D eigenvalue weighted by molar-refractivity contribution is 0.0717. The first-order valence-electron chi connectivity index (χ1n) is 8.86. The second-order valence-corrected chi connectivity index (χ2v) is 6.68. The number of nitrogens with one attached hydrogen (secondary N) is 1. The van der Waals surface area contributed by atoms with Crippen LogP contribution >= 0.6 is 0 Å². The van der Waals surface area contributed by atoms with Crippen LogP contribution in [0.15, 0.2) is 36.5 Å². The van der Waals surface area contributed by atoms with E-state index in [2.05, 4.69) is 22.1 Å². The minimum absolute atomic E-state index is 0.173. The number of hydrogen-bond acceptors (Lipinski definition) is 4. The summed E-state index contributed by atoms with van der Waals surface area (Å²) in [6.45, 7) is 1.96. The molecule has 134 valence electrons. The minimum atomic E-state index is -0.463. The first-order chi connectivity index (χ1) is 12.5. The number of aliphatic hydroxyl groups is 1. The van der Waals surface area contributed by atoms with Crippen molar-refractivity contribution in [3.8, 4) is 11.8 Å². The molecule has 1 aromatic heterocycles. The van der Waals surface area contributed by atoms with Gasteiger partial charge in [-0.05, 0) is 49.6 Å². The van der Waals surface area contributed by atoms with Gasteiger partial charge in [-0.15, -0.1) is 0 Å². The molecule has 0 radical (unpaired) electrons. The number of aryl methyl sites for hydroxylation is 1. The first-order valence-corrected chi connectivity index (χ1v) is 8.86. The van der Waals surface area contributed by atoms with Gasteiger partial charge in [0.1, 0.15) is 5.82 Å². The number of nitrogen functional groups attached to an aromatic ring is 1. The normalized spacial score (nSPS) is 19.3. The molecule has 26 heavy (non-hydrogen) atoms. The van der Waals surface area contributed by atoms with E-state index >= 15 is 0 Å². The predicted molar refractivity (Wildman–Crippen MR) is 102 cm³/mol. The number of pyridine rings is 1. The lowest BCUT2D eigenvalue weighted by Crippen LogP contribution is -2.45. The van der Waals surface area contributed by atoms with Crippen LogP contribution in [0.5, 0.6) is 0 Å². The van der Waals surface area contributed by atoms with Gasteiger partial charge < -0.3 is 16.2 Å². The molecule has 1 heterocycles. The Hall–Kier alpha value is -2.84. The van der Waals surface area contributed by atoms with Crippen molar-refractivity contribution in [2.24, 2.45) is 0 Å². The fourth-order valence-corrected chi connectivity index (χ4v) is 3.05. The number of carbonyl (C=O) groups is 1. The molecule has 0 spiro atoms. The number of aliphatic hydroxyl groups excluding tert-OH is 1. The molecule has 1 aliphatic rings. The average molecular weight is 349 g/mol. The summed E-state index contributed by atoms with van der Waals surface area (Å²) >= 11 is 0. The van der Waals surface area contributed by atoms with Crippen molar-refractivity contribution in [2.75, 3.05) is 5.73 Å². The highest BCUT2D eigenvalue weighted by atomic mass is 16.3. The number of aromatic nitrogens is 1. The van der Waals surface area contributed by atoms with Crippen molar-refractivity contribution in [1.29, 1.82) is 0 Å². The predicted octanol–water partition coefficient (Wildman–Crippen LogP) is 2.41. The van der Waals surface area contributed by atoms with Crippen molar-refractivity contribution in [1.82, 2.24) is 10.3 Å². The number of nitrogens with zero attached hydrogens (tertiary/aromatic N) is 1. The molecule has 2 aromatic rings. The first kappa shape index (κ1) is 18.0. The Balaban J connectivity index is 1.77. The Bertz CT molecular complexity index is 850. The van der Waals surface area contributed by atoms with E-state index in [1.54, 1.807) is 24.4 Å². The highest BCUT2D eigenvalue weighted by Gasteiger charge is 2.24. The number of nitrogens with two attached hydrogens (primary N) is 1. The van der Waals surface area contributed by atoms with Crippen LogP contribution in [0.25, 0.3) is 0 Å². The largest absolute Gasteiger partial charge is 0.391 e. The van der Waals surface area contributed by atoms with Crippen molar-refractivity contribution >= 4 is 11.7 Å². The van der Waals surface area contributed by atoms with Crippen LogP contribution in [0.4, 0.5) is 5.82 Å². The van der Waals surface area contributed by atoms with Gasteiger partial charge in [-0.2, -0.15) is 0 Å². The van der Waals surface area contributed by atoms with Crippen LogP contribution in [0, 0.1) is 18.8 Å². The summed E-state index contributed by atoms with van der Waals surface area (Å²) in [7, 11) is 0. The van der Waals surface area contributed by atoms with E-state index in [0.29, 0.717) is 11.4 Å². The molecular formula is C21H23N3O2. The summed E-state index contributed by atoms with van der Waals surface area (Å²) in [5.41, 5.74) is 8.67. The summed E-state index contributed by atoms with van der Waals surface area (Å²) in [4.78, 5) is 16.6. The maximum Gasteiger partial charge on any atom is 0.251 e. The Morgan fingerprint density at radius 3 is 2.77 bits per heavy atom. The van der Waals surface area contributed by atoms with Gasteiger partial charge in [0.05, 0.1) is 12.1 Å². The molecule has 3 rings (SSSR count). The molecule has 0 unspecified atom stereocenters. The monoisotopic (exact) mass is 349 g/mol. The van der Waals surface area contributed by atoms with Crippen molar-refractivity contribution in [3.63, 3.8) is 0 Å². The quantitative estimate of drug-likeness (QED) is 0.727. The highest BCUT2D eigenvalue weighted by molar-refractivity contribution is 5.95. The van der Waals surface area contributed by atoms with E-state index < -0.39 is 6.10 Å². The molecule has 4 N–H and O–H groups in total. The summed E-state index contributed by atoms with van der Waals surface area (Å²) in [6, 6.07) is 8.81.